The molecule has 1 heterocycles. The van der Waals surface area contributed by atoms with E-state index in [1.165, 1.54) is 19.3 Å². The first-order valence-electron chi connectivity index (χ1n) is 8.88. The van der Waals surface area contributed by atoms with Crippen LogP contribution in [0.25, 0.3) is 0 Å². The molecule has 5 heteroatoms. The van der Waals surface area contributed by atoms with Crippen LogP contribution in [0, 0.1) is 0 Å². The van der Waals surface area contributed by atoms with E-state index >= 15 is 0 Å². The first kappa shape index (κ1) is 18.7. The lowest BCUT2D eigenvalue weighted by molar-refractivity contribution is -0.133. The monoisotopic (exact) mass is 334 g/mol. The number of hydrogen-bond acceptors (Lipinski definition) is 4. The summed E-state index contributed by atoms with van der Waals surface area (Å²) in [7, 11) is 3.53. The molecule has 1 aromatic carbocycles. The standard InChI is InChI=1S/C19H30N2O3/c1-20(14-19(23)21-12-6-4-3-5-7-13-21)18(15-22)16-8-10-17(24-2)11-9-16/h8-11,18,22H,3-7,12-15H2,1-2H3/t18-/m1/s1. The van der Waals surface area contributed by atoms with Gasteiger partial charge in [-0.15, -0.1) is 0 Å². The van der Waals surface area contributed by atoms with Gasteiger partial charge in [-0.25, -0.2) is 0 Å². The molecular weight excluding hydrogens is 304 g/mol. The second-order valence-electron chi connectivity index (χ2n) is 6.54. The molecule has 1 aromatic rings. The van der Waals surface area contributed by atoms with Crippen molar-refractivity contribution >= 4 is 5.91 Å². The summed E-state index contributed by atoms with van der Waals surface area (Å²) in [6.07, 6.45) is 5.90. The van der Waals surface area contributed by atoms with Gasteiger partial charge in [0, 0.05) is 13.1 Å². The number of carbonyl (C=O) groups is 1. The molecule has 1 atom stereocenters. The van der Waals surface area contributed by atoms with E-state index in [1.807, 2.05) is 41.1 Å². The summed E-state index contributed by atoms with van der Waals surface area (Å²) in [6, 6.07) is 7.46. The number of amides is 1. The van der Waals surface area contributed by atoms with Crippen LogP contribution in [0.2, 0.25) is 0 Å². The predicted octanol–water partition coefficient (Wildman–Crippen LogP) is 2.45. The number of carbonyl (C=O) groups excluding carboxylic acids is 1. The fourth-order valence-electron chi connectivity index (χ4n) is 3.25. The summed E-state index contributed by atoms with van der Waals surface area (Å²) in [5.41, 5.74) is 0.987. The van der Waals surface area contributed by atoms with Gasteiger partial charge in [-0.1, -0.05) is 31.4 Å². The van der Waals surface area contributed by atoms with Crippen molar-refractivity contribution in [2.24, 2.45) is 0 Å². The third kappa shape index (κ3) is 5.21. The van der Waals surface area contributed by atoms with E-state index < -0.39 is 0 Å². The van der Waals surface area contributed by atoms with Crippen molar-refractivity contribution in [2.45, 2.75) is 38.1 Å². The van der Waals surface area contributed by atoms with Crippen molar-refractivity contribution in [1.29, 1.82) is 0 Å². The molecule has 0 spiro atoms. The summed E-state index contributed by atoms with van der Waals surface area (Å²) in [6.45, 7) is 2.03. The molecule has 1 fully saturated rings. The largest absolute Gasteiger partial charge is 0.497 e. The molecule has 24 heavy (non-hydrogen) atoms. The normalized spacial score (nSPS) is 17.2. The second-order valence-corrected chi connectivity index (χ2v) is 6.54. The Labute approximate surface area is 145 Å². The van der Waals surface area contributed by atoms with Gasteiger partial charge in [0.1, 0.15) is 5.75 Å². The first-order chi connectivity index (χ1) is 11.7. The number of aliphatic hydroxyl groups is 1. The number of ether oxygens (including phenoxy) is 1. The Morgan fingerprint density at radius 1 is 1.17 bits per heavy atom. The van der Waals surface area contributed by atoms with Gasteiger partial charge in [0.2, 0.25) is 5.91 Å². The molecule has 0 bridgehead atoms. The van der Waals surface area contributed by atoms with Crippen molar-refractivity contribution in [3.05, 3.63) is 29.8 Å². The highest BCUT2D eigenvalue weighted by Gasteiger charge is 2.22. The fraction of sp³-hybridized carbons (Fsp3) is 0.632. The SMILES string of the molecule is COc1ccc([C@@H](CO)N(C)CC(=O)N2CCCCCCC2)cc1. The zero-order valence-corrected chi connectivity index (χ0v) is 14.9. The van der Waals surface area contributed by atoms with Crippen molar-refractivity contribution < 1.29 is 14.6 Å². The van der Waals surface area contributed by atoms with Gasteiger partial charge < -0.3 is 14.7 Å². The van der Waals surface area contributed by atoms with Gasteiger partial charge in [-0.3, -0.25) is 9.69 Å². The summed E-state index contributed by atoms with van der Waals surface area (Å²) in [5, 5.41) is 9.78. The Kier molecular flexibility index (Phi) is 7.53. The smallest absolute Gasteiger partial charge is 0.236 e. The molecule has 0 aliphatic carbocycles. The Hall–Kier alpha value is -1.59. The Bertz CT molecular complexity index is 496. The predicted molar refractivity (Wildman–Crippen MR) is 95.1 cm³/mol. The van der Waals surface area contributed by atoms with Crippen LogP contribution < -0.4 is 4.74 Å². The number of likely N-dealkylation sites (tertiary alicyclic amines) is 1. The average molecular weight is 334 g/mol. The fourth-order valence-corrected chi connectivity index (χ4v) is 3.25. The molecular formula is C19H30N2O3. The summed E-state index contributed by atoms with van der Waals surface area (Å²) >= 11 is 0. The molecule has 1 N–H and O–H groups in total. The van der Waals surface area contributed by atoms with Crippen LogP contribution in [0.4, 0.5) is 0 Å². The van der Waals surface area contributed by atoms with Gasteiger partial charge in [0.25, 0.3) is 0 Å². The molecule has 1 saturated heterocycles. The Balaban J connectivity index is 1.96. The number of hydrogen-bond donors (Lipinski definition) is 1. The van der Waals surface area contributed by atoms with E-state index in [0.29, 0.717) is 6.54 Å². The lowest BCUT2D eigenvalue weighted by Gasteiger charge is -2.30. The number of aliphatic hydroxyl groups excluding tert-OH is 1. The third-order valence-corrected chi connectivity index (χ3v) is 4.80. The Morgan fingerprint density at radius 3 is 2.29 bits per heavy atom. The maximum atomic E-state index is 12.6. The molecule has 1 aliphatic rings. The number of rotatable bonds is 6. The van der Waals surface area contributed by atoms with E-state index in [0.717, 1.165) is 37.2 Å². The number of likely N-dealkylation sites (N-methyl/N-ethyl adjacent to an activating group) is 1. The molecule has 0 aromatic heterocycles. The second kappa shape index (κ2) is 9.64. The van der Waals surface area contributed by atoms with E-state index in [1.54, 1.807) is 7.11 Å². The van der Waals surface area contributed by atoms with Crippen LogP contribution in [0.15, 0.2) is 24.3 Å². The van der Waals surface area contributed by atoms with Crippen LogP contribution in [-0.2, 0) is 4.79 Å². The number of methoxy groups -OCH3 is 1. The highest BCUT2D eigenvalue weighted by atomic mass is 16.5. The molecule has 2 rings (SSSR count). The number of benzene rings is 1. The zero-order valence-electron chi connectivity index (χ0n) is 14.9. The highest BCUT2D eigenvalue weighted by Crippen LogP contribution is 2.22. The van der Waals surface area contributed by atoms with E-state index in [2.05, 4.69) is 0 Å². The van der Waals surface area contributed by atoms with E-state index in [9.17, 15) is 9.90 Å². The minimum atomic E-state index is -0.186. The summed E-state index contributed by atoms with van der Waals surface area (Å²) in [5.74, 6) is 0.946. The Morgan fingerprint density at radius 2 is 1.75 bits per heavy atom. The molecule has 134 valence electrons. The van der Waals surface area contributed by atoms with E-state index in [-0.39, 0.29) is 18.6 Å². The van der Waals surface area contributed by atoms with Crippen LogP contribution in [0.3, 0.4) is 0 Å². The highest BCUT2D eigenvalue weighted by molar-refractivity contribution is 5.78. The zero-order chi connectivity index (χ0) is 17.4. The quantitative estimate of drug-likeness (QED) is 0.868. The minimum absolute atomic E-state index is 0.0177. The van der Waals surface area contributed by atoms with Crippen molar-refractivity contribution in [3.8, 4) is 5.75 Å². The summed E-state index contributed by atoms with van der Waals surface area (Å²) < 4.78 is 5.17. The van der Waals surface area contributed by atoms with Crippen molar-refractivity contribution in [2.75, 3.05) is 40.4 Å². The topological polar surface area (TPSA) is 53.0 Å². The lowest BCUT2D eigenvalue weighted by Crippen LogP contribution is -2.42. The van der Waals surface area contributed by atoms with Crippen molar-refractivity contribution in [1.82, 2.24) is 9.80 Å². The summed E-state index contributed by atoms with van der Waals surface area (Å²) in [4.78, 5) is 16.5. The molecule has 5 nitrogen and oxygen atoms in total. The van der Waals surface area contributed by atoms with Crippen LogP contribution in [0.5, 0.6) is 5.75 Å². The molecule has 0 unspecified atom stereocenters. The van der Waals surface area contributed by atoms with Crippen molar-refractivity contribution in [3.63, 3.8) is 0 Å². The van der Waals surface area contributed by atoms with Gasteiger partial charge in [-0.2, -0.15) is 0 Å². The van der Waals surface area contributed by atoms with E-state index in [4.69, 9.17) is 4.74 Å². The van der Waals surface area contributed by atoms with Gasteiger partial charge >= 0.3 is 0 Å². The average Bonchev–Trinajstić information content (AvgIpc) is 2.55. The van der Waals surface area contributed by atoms with Gasteiger partial charge in [0.15, 0.2) is 0 Å². The number of nitrogens with zero attached hydrogens (tertiary/aromatic N) is 2. The molecule has 1 aliphatic heterocycles. The minimum Gasteiger partial charge on any atom is -0.497 e. The lowest BCUT2D eigenvalue weighted by atomic mass is 10.1. The maximum Gasteiger partial charge on any atom is 0.236 e. The van der Waals surface area contributed by atoms with Crippen LogP contribution in [-0.4, -0.2) is 61.2 Å². The molecule has 1 amide bonds. The van der Waals surface area contributed by atoms with Gasteiger partial charge in [0.05, 0.1) is 26.3 Å². The third-order valence-electron chi connectivity index (χ3n) is 4.80. The first-order valence-corrected chi connectivity index (χ1v) is 8.88. The van der Waals surface area contributed by atoms with Gasteiger partial charge in [-0.05, 0) is 37.6 Å². The van der Waals surface area contributed by atoms with Crippen LogP contribution in [0.1, 0.15) is 43.7 Å². The van der Waals surface area contributed by atoms with Crippen LogP contribution >= 0.6 is 0 Å². The maximum absolute atomic E-state index is 12.6. The molecule has 0 saturated carbocycles. The molecule has 0 radical (unpaired) electrons.